The summed E-state index contributed by atoms with van der Waals surface area (Å²) in [5, 5.41) is 6.09. The summed E-state index contributed by atoms with van der Waals surface area (Å²) in [4.78, 5) is 16.1. The van der Waals surface area contributed by atoms with Crippen molar-refractivity contribution < 1.29 is 0 Å². The molecule has 4 heteroatoms. The summed E-state index contributed by atoms with van der Waals surface area (Å²) in [6.45, 7) is 0. The zero-order valence-electron chi connectivity index (χ0n) is 28.6. The Morgan fingerprint density at radius 1 is 0.302 bits per heavy atom. The smallest absolute Gasteiger partial charge is 0.174 e. The van der Waals surface area contributed by atoms with Crippen molar-refractivity contribution in [1.29, 1.82) is 0 Å². The highest BCUT2D eigenvalue weighted by molar-refractivity contribution is 7.22. The standard InChI is InChI=1S/C49H31N3S/c1-3-14-32(15-4-1)36-19-13-20-38(30-36)46-41-23-10-8-21-39(41)45(40-22-9-11-24-42(40)46)33-26-28-35(29-27-33)48-50-47(34-16-5-2-6-17-34)51-49(52-48)44-31-37-18-7-12-25-43(37)53-44/h1-31H. The zero-order chi connectivity index (χ0) is 35.1. The fourth-order valence-corrected chi connectivity index (χ4v) is 8.44. The Labute approximate surface area is 311 Å². The first kappa shape index (κ1) is 31.0. The van der Waals surface area contributed by atoms with Gasteiger partial charge in [-0.2, -0.15) is 0 Å². The van der Waals surface area contributed by atoms with Gasteiger partial charge in [0.25, 0.3) is 0 Å². The Balaban J connectivity index is 1.11. The van der Waals surface area contributed by atoms with E-state index in [0.717, 1.165) is 21.6 Å². The molecule has 0 saturated heterocycles. The third kappa shape index (κ3) is 5.66. The van der Waals surface area contributed by atoms with Gasteiger partial charge in [-0.05, 0) is 78.5 Å². The molecule has 0 spiro atoms. The van der Waals surface area contributed by atoms with E-state index >= 15 is 0 Å². The maximum Gasteiger partial charge on any atom is 0.174 e. The normalized spacial score (nSPS) is 11.4. The molecule has 0 atom stereocenters. The van der Waals surface area contributed by atoms with Crippen LogP contribution in [0.2, 0.25) is 0 Å². The van der Waals surface area contributed by atoms with Crippen molar-refractivity contribution in [3.63, 3.8) is 0 Å². The maximum absolute atomic E-state index is 5.06. The van der Waals surface area contributed by atoms with Crippen LogP contribution >= 0.6 is 11.3 Å². The van der Waals surface area contributed by atoms with Crippen LogP contribution in [-0.2, 0) is 0 Å². The van der Waals surface area contributed by atoms with E-state index in [1.807, 2.05) is 18.2 Å². The second-order valence-corrected chi connectivity index (χ2v) is 14.3. The SMILES string of the molecule is c1ccc(-c2cccc(-c3c4ccccc4c(-c4ccc(-c5nc(-c6ccccc6)nc(-c6cc7ccccc7s6)n5)cc4)c4ccccc34)c2)cc1. The predicted molar refractivity (Wildman–Crippen MR) is 223 cm³/mol. The van der Waals surface area contributed by atoms with E-state index in [9.17, 15) is 0 Å². The van der Waals surface area contributed by atoms with Gasteiger partial charge in [0, 0.05) is 15.8 Å². The van der Waals surface area contributed by atoms with Crippen LogP contribution in [0.5, 0.6) is 0 Å². The zero-order valence-corrected chi connectivity index (χ0v) is 29.5. The molecule has 10 aromatic rings. The van der Waals surface area contributed by atoms with Crippen LogP contribution in [0.15, 0.2) is 188 Å². The van der Waals surface area contributed by atoms with Gasteiger partial charge in [-0.25, -0.2) is 15.0 Å². The Morgan fingerprint density at radius 3 is 1.38 bits per heavy atom. The third-order valence-electron chi connectivity index (χ3n) is 9.93. The molecule has 0 aliphatic rings. The van der Waals surface area contributed by atoms with Crippen LogP contribution in [0.4, 0.5) is 0 Å². The third-order valence-corrected chi connectivity index (χ3v) is 11.0. The van der Waals surface area contributed by atoms with Gasteiger partial charge in [0.15, 0.2) is 17.5 Å². The summed E-state index contributed by atoms with van der Waals surface area (Å²) in [5.74, 6) is 2.00. The first-order chi connectivity index (χ1) is 26.3. The van der Waals surface area contributed by atoms with E-state index in [1.54, 1.807) is 11.3 Å². The molecule has 0 N–H and O–H groups in total. The summed E-state index contributed by atoms with van der Waals surface area (Å²) in [5.41, 5.74) is 9.15. The highest BCUT2D eigenvalue weighted by Gasteiger charge is 2.18. The molecule has 10 rings (SSSR count). The molecular weight excluding hydrogens is 663 g/mol. The minimum Gasteiger partial charge on any atom is -0.208 e. The molecule has 0 bridgehead atoms. The van der Waals surface area contributed by atoms with Crippen LogP contribution in [0.1, 0.15) is 0 Å². The van der Waals surface area contributed by atoms with Gasteiger partial charge in [0.05, 0.1) is 4.88 Å². The fourth-order valence-electron chi connectivity index (χ4n) is 7.44. The maximum atomic E-state index is 5.06. The molecule has 8 aromatic carbocycles. The Morgan fingerprint density at radius 2 is 0.755 bits per heavy atom. The van der Waals surface area contributed by atoms with Gasteiger partial charge in [-0.3, -0.25) is 0 Å². The van der Waals surface area contributed by atoms with Crippen molar-refractivity contribution in [2.75, 3.05) is 0 Å². The van der Waals surface area contributed by atoms with E-state index in [0.29, 0.717) is 17.5 Å². The molecule has 2 heterocycles. The highest BCUT2D eigenvalue weighted by Crippen LogP contribution is 2.44. The van der Waals surface area contributed by atoms with Crippen molar-refractivity contribution in [2.45, 2.75) is 0 Å². The monoisotopic (exact) mass is 693 g/mol. The molecule has 0 amide bonds. The summed E-state index contributed by atoms with van der Waals surface area (Å²) in [7, 11) is 0. The van der Waals surface area contributed by atoms with E-state index in [4.69, 9.17) is 15.0 Å². The van der Waals surface area contributed by atoms with Crippen LogP contribution in [0, 0.1) is 0 Å². The van der Waals surface area contributed by atoms with Crippen LogP contribution in [-0.4, -0.2) is 15.0 Å². The van der Waals surface area contributed by atoms with Crippen LogP contribution < -0.4 is 0 Å². The van der Waals surface area contributed by atoms with Crippen molar-refractivity contribution in [1.82, 2.24) is 15.0 Å². The van der Waals surface area contributed by atoms with Gasteiger partial charge >= 0.3 is 0 Å². The van der Waals surface area contributed by atoms with E-state index in [-0.39, 0.29) is 0 Å². The number of hydrogen-bond acceptors (Lipinski definition) is 4. The average Bonchev–Trinajstić information content (AvgIpc) is 3.68. The average molecular weight is 694 g/mol. The molecule has 248 valence electrons. The minimum atomic E-state index is 0.654. The number of nitrogens with zero attached hydrogens (tertiary/aromatic N) is 3. The first-order valence-corrected chi connectivity index (χ1v) is 18.6. The van der Waals surface area contributed by atoms with E-state index in [1.165, 1.54) is 59.4 Å². The van der Waals surface area contributed by atoms with Gasteiger partial charge in [0.2, 0.25) is 0 Å². The molecule has 0 aliphatic carbocycles. The fraction of sp³-hybridized carbons (Fsp3) is 0. The van der Waals surface area contributed by atoms with Crippen molar-refractivity contribution in [3.05, 3.63) is 188 Å². The lowest BCUT2D eigenvalue weighted by atomic mass is 9.85. The van der Waals surface area contributed by atoms with Gasteiger partial charge < -0.3 is 0 Å². The summed E-state index contributed by atoms with van der Waals surface area (Å²) in [6.07, 6.45) is 0. The van der Waals surface area contributed by atoms with Crippen LogP contribution in [0.3, 0.4) is 0 Å². The lowest BCUT2D eigenvalue weighted by Crippen LogP contribution is -1.99. The minimum absolute atomic E-state index is 0.654. The molecule has 0 saturated carbocycles. The molecule has 2 aromatic heterocycles. The van der Waals surface area contributed by atoms with Crippen molar-refractivity contribution in [2.24, 2.45) is 0 Å². The predicted octanol–water partition coefficient (Wildman–Crippen LogP) is 13.4. The largest absolute Gasteiger partial charge is 0.208 e. The second kappa shape index (κ2) is 13.1. The number of benzene rings is 8. The summed E-state index contributed by atoms with van der Waals surface area (Å²) < 4.78 is 1.21. The molecule has 3 nitrogen and oxygen atoms in total. The molecule has 0 fully saturated rings. The van der Waals surface area contributed by atoms with Gasteiger partial charge in [-0.1, -0.05) is 170 Å². The van der Waals surface area contributed by atoms with E-state index in [2.05, 4.69) is 170 Å². The second-order valence-electron chi connectivity index (χ2n) is 13.2. The van der Waals surface area contributed by atoms with Gasteiger partial charge in [-0.15, -0.1) is 11.3 Å². The lowest BCUT2D eigenvalue weighted by molar-refractivity contribution is 1.08. The summed E-state index contributed by atoms with van der Waals surface area (Å²) >= 11 is 1.71. The Kier molecular flexibility index (Phi) is 7.67. The number of hydrogen-bond donors (Lipinski definition) is 0. The molecule has 0 aliphatic heterocycles. The quantitative estimate of drug-likeness (QED) is 0.163. The number of rotatable bonds is 6. The summed E-state index contributed by atoms with van der Waals surface area (Å²) in [6, 6.07) is 66.6. The molecule has 0 unspecified atom stereocenters. The van der Waals surface area contributed by atoms with E-state index < -0.39 is 0 Å². The topological polar surface area (TPSA) is 38.7 Å². The first-order valence-electron chi connectivity index (χ1n) is 17.8. The van der Waals surface area contributed by atoms with Gasteiger partial charge in [0.1, 0.15) is 0 Å². The number of aromatic nitrogens is 3. The Bertz CT molecular complexity index is 2840. The van der Waals surface area contributed by atoms with Crippen LogP contribution in [0.25, 0.3) is 98.5 Å². The number of thiophene rings is 1. The Hall–Kier alpha value is -6.75. The molecule has 53 heavy (non-hydrogen) atoms. The lowest BCUT2D eigenvalue weighted by Gasteiger charge is -2.18. The molecular formula is C49H31N3S. The van der Waals surface area contributed by atoms with Crippen molar-refractivity contribution >= 4 is 43.0 Å². The number of fused-ring (bicyclic) bond motifs is 3. The molecule has 0 radical (unpaired) electrons. The highest BCUT2D eigenvalue weighted by atomic mass is 32.1. The van der Waals surface area contributed by atoms with Crippen molar-refractivity contribution in [3.8, 4) is 66.9 Å².